The minimum absolute atomic E-state index is 0.0645. The van der Waals surface area contributed by atoms with Crippen LogP contribution in [0, 0.1) is 0 Å². The minimum atomic E-state index is -0.0645. The van der Waals surface area contributed by atoms with E-state index in [0.29, 0.717) is 6.54 Å². The number of halogens is 1. The molecule has 0 saturated heterocycles. The lowest BCUT2D eigenvalue weighted by Crippen LogP contribution is -2.55. The average molecular weight is 350 g/mol. The monoisotopic (exact) mass is 349 g/mol. The third kappa shape index (κ3) is 3.02. The fourth-order valence-electron chi connectivity index (χ4n) is 2.88. The Morgan fingerprint density at radius 2 is 2.05 bits per heavy atom. The van der Waals surface area contributed by atoms with E-state index in [2.05, 4.69) is 66.8 Å². The minimum Gasteiger partial charge on any atom is -0.329 e. The van der Waals surface area contributed by atoms with Crippen molar-refractivity contribution in [3.05, 3.63) is 46.5 Å². The van der Waals surface area contributed by atoms with Crippen LogP contribution < -0.4 is 5.73 Å². The summed E-state index contributed by atoms with van der Waals surface area (Å²) in [7, 11) is 0. The van der Waals surface area contributed by atoms with Crippen molar-refractivity contribution in [2.75, 3.05) is 13.1 Å². The standard InChI is InChI=1S/C15H20BrN5/c1-15(10-17,8-12-2-4-13(16)5-3-12)21-7-6-20-11-18-19-14(20)9-21/h2-5,11H,6-10,17H2,1H3. The highest BCUT2D eigenvalue weighted by Crippen LogP contribution is 2.25. The van der Waals surface area contributed by atoms with Crippen molar-refractivity contribution >= 4 is 15.9 Å². The Balaban J connectivity index is 1.78. The van der Waals surface area contributed by atoms with E-state index in [0.717, 1.165) is 36.4 Å². The highest BCUT2D eigenvalue weighted by Gasteiger charge is 2.33. The molecular formula is C15H20BrN5. The van der Waals surface area contributed by atoms with Gasteiger partial charge in [-0.2, -0.15) is 0 Å². The molecule has 0 saturated carbocycles. The zero-order valence-electron chi connectivity index (χ0n) is 12.2. The maximum Gasteiger partial charge on any atom is 0.147 e. The van der Waals surface area contributed by atoms with Gasteiger partial charge < -0.3 is 10.3 Å². The van der Waals surface area contributed by atoms with E-state index in [1.165, 1.54) is 5.56 Å². The Labute approximate surface area is 133 Å². The lowest BCUT2D eigenvalue weighted by atomic mass is 9.90. The highest BCUT2D eigenvalue weighted by molar-refractivity contribution is 9.10. The van der Waals surface area contributed by atoms with Crippen molar-refractivity contribution < 1.29 is 0 Å². The highest BCUT2D eigenvalue weighted by atomic mass is 79.9. The van der Waals surface area contributed by atoms with Gasteiger partial charge in [0, 0.05) is 29.6 Å². The number of aromatic nitrogens is 3. The quantitative estimate of drug-likeness (QED) is 0.914. The molecule has 0 fully saturated rings. The van der Waals surface area contributed by atoms with Crippen molar-refractivity contribution in [1.29, 1.82) is 0 Å². The second-order valence-corrected chi connectivity index (χ2v) is 6.78. The number of fused-ring (bicyclic) bond motifs is 1. The summed E-state index contributed by atoms with van der Waals surface area (Å²) in [6.45, 7) is 5.58. The van der Waals surface area contributed by atoms with E-state index in [9.17, 15) is 0 Å². The summed E-state index contributed by atoms with van der Waals surface area (Å²) in [5.41, 5.74) is 7.36. The molecule has 5 nitrogen and oxygen atoms in total. The maximum absolute atomic E-state index is 6.12. The predicted octanol–water partition coefficient (Wildman–Crippen LogP) is 1.82. The van der Waals surface area contributed by atoms with Gasteiger partial charge in [0.25, 0.3) is 0 Å². The number of benzene rings is 1. The molecule has 112 valence electrons. The van der Waals surface area contributed by atoms with Crippen LogP contribution in [-0.2, 0) is 19.5 Å². The van der Waals surface area contributed by atoms with Gasteiger partial charge in [0.1, 0.15) is 12.2 Å². The third-order valence-electron chi connectivity index (χ3n) is 4.34. The summed E-state index contributed by atoms with van der Waals surface area (Å²) in [5, 5.41) is 8.19. The van der Waals surface area contributed by atoms with Gasteiger partial charge in [0.05, 0.1) is 6.54 Å². The molecule has 0 amide bonds. The molecular weight excluding hydrogens is 330 g/mol. The van der Waals surface area contributed by atoms with Crippen LogP contribution in [0.15, 0.2) is 35.1 Å². The van der Waals surface area contributed by atoms with Crippen LogP contribution in [0.3, 0.4) is 0 Å². The van der Waals surface area contributed by atoms with Gasteiger partial charge in [-0.05, 0) is 31.0 Å². The first kappa shape index (κ1) is 14.7. The molecule has 0 aliphatic carbocycles. The van der Waals surface area contributed by atoms with Crippen LogP contribution in [0.25, 0.3) is 0 Å². The molecule has 1 atom stereocenters. The van der Waals surface area contributed by atoms with Crippen LogP contribution in [0.4, 0.5) is 0 Å². The number of rotatable bonds is 4. The largest absolute Gasteiger partial charge is 0.329 e. The van der Waals surface area contributed by atoms with Crippen molar-refractivity contribution in [3.63, 3.8) is 0 Å². The summed E-state index contributed by atoms with van der Waals surface area (Å²) in [6.07, 6.45) is 2.74. The maximum atomic E-state index is 6.12. The second-order valence-electron chi connectivity index (χ2n) is 5.87. The molecule has 21 heavy (non-hydrogen) atoms. The molecule has 3 rings (SSSR count). The van der Waals surface area contributed by atoms with Gasteiger partial charge in [-0.25, -0.2) is 0 Å². The fraction of sp³-hybridized carbons (Fsp3) is 0.467. The van der Waals surface area contributed by atoms with Gasteiger partial charge in [-0.1, -0.05) is 28.1 Å². The van der Waals surface area contributed by atoms with Gasteiger partial charge in [-0.3, -0.25) is 4.90 Å². The Bertz CT molecular complexity index is 609. The van der Waals surface area contributed by atoms with Crippen LogP contribution >= 0.6 is 15.9 Å². The van der Waals surface area contributed by atoms with E-state index < -0.39 is 0 Å². The Kier molecular flexibility index (Phi) is 4.10. The topological polar surface area (TPSA) is 60.0 Å². The van der Waals surface area contributed by atoms with E-state index in [-0.39, 0.29) is 5.54 Å². The van der Waals surface area contributed by atoms with Gasteiger partial charge in [0.2, 0.25) is 0 Å². The lowest BCUT2D eigenvalue weighted by Gasteiger charge is -2.42. The summed E-state index contributed by atoms with van der Waals surface area (Å²) < 4.78 is 3.22. The summed E-state index contributed by atoms with van der Waals surface area (Å²) in [4.78, 5) is 2.43. The van der Waals surface area contributed by atoms with Gasteiger partial charge >= 0.3 is 0 Å². The smallest absolute Gasteiger partial charge is 0.147 e. The number of hydrogen-bond acceptors (Lipinski definition) is 4. The molecule has 2 N–H and O–H groups in total. The van der Waals surface area contributed by atoms with Gasteiger partial charge in [-0.15, -0.1) is 10.2 Å². The molecule has 0 bridgehead atoms. The molecule has 2 heterocycles. The van der Waals surface area contributed by atoms with Crippen LogP contribution in [0.5, 0.6) is 0 Å². The van der Waals surface area contributed by atoms with Crippen LogP contribution in [-0.4, -0.2) is 38.3 Å². The van der Waals surface area contributed by atoms with Gasteiger partial charge in [0.15, 0.2) is 0 Å². The van der Waals surface area contributed by atoms with Crippen molar-refractivity contribution in [1.82, 2.24) is 19.7 Å². The number of nitrogens with zero attached hydrogens (tertiary/aromatic N) is 4. The van der Waals surface area contributed by atoms with Crippen molar-refractivity contribution in [2.45, 2.75) is 32.0 Å². The number of nitrogens with two attached hydrogens (primary N) is 1. The average Bonchev–Trinajstić information content (AvgIpc) is 2.97. The Morgan fingerprint density at radius 1 is 1.29 bits per heavy atom. The molecule has 1 aliphatic heterocycles. The van der Waals surface area contributed by atoms with Crippen LogP contribution in [0.1, 0.15) is 18.3 Å². The molecule has 1 aromatic heterocycles. The van der Waals surface area contributed by atoms with E-state index in [1.807, 2.05) is 0 Å². The first-order valence-corrected chi connectivity index (χ1v) is 7.96. The molecule has 0 radical (unpaired) electrons. The van der Waals surface area contributed by atoms with E-state index in [4.69, 9.17) is 5.73 Å². The molecule has 1 unspecified atom stereocenters. The SMILES string of the molecule is CC(CN)(Cc1ccc(Br)cc1)N1CCn2cnnc2C1. The zero-order chi connectivity index (χ0) is 14.9. The van der Waals surface area contributed by atoms with Crippen molar-refractivity contribution in [3.8, 4) is 0 Å². The summed E-state index contributed by atoms with van der Waals surface area (Å²) in [6, 6.07) is 8.48. The molecule has 2 aromatic rings. The predicted molar refractivity (Wildman–Crippen MR) is 85.7 cm³/mol. The van der Waals surface area contributed by atoms with Crippen molar-refractivity contribution in [2.24, 2.45) is 5.73 Å². The Hall–Kier alpha value is -1.24. The van der Waals surface area contributed by atoms with Crippen LogP contribution in [0.2, 0.25) is 0 Å². The zero-order valence-corrected chi connectivity index (χ0v) is 13.8. The molecule has 1 aliphatic rings. The summed E-state index contributed by atoms with van der Waals surface area (Å²) >= 11 is 3.48. The lowest BCUT2D eigenvalue weighted by molar-refractivity contribution is 0.0772. The Morgan fingerprint density at radius 3 is 2.76 bits per heavy atom. The third-order valence-corrected chi connectivity index (χ3v) is 4.87. The first-order valence-electron chi connectivity index (χ1n) is 7.17. The normalized spacial score (nSPS) is 18.2. The fourth-order valence-corrected chi connectivity index (χ4v) is 3.15. The molecule has 0 spiro atoms. The second kappa shape index (κ2) is 5.87. The van der Waals surface area contributed by atoms with E-state index >= 15 is 0 Å². The molecule has 1 aromatic carbocycles. The first-order chi connectivity index (χ1) is 10.1. The molecule has 6 heteroatoms. The van der Waals surface area contributed by atoms with E-state index in [1.54, 1.807) is 6.33 Å². The summed E-state index contributed by atoms with van der Waals surface area (Å²) in [5.74, 6) is 1.02. The number of hydrogen-bond donors (Lipinski definition) is 1.